The number of nitrogens with one attached hydrogen (secondary N) is 2. The van der Waals surface area contributed by atoms with Gasteiger partial charge in [-0.3, -0.25) is 5.32 Å². The molecule has 0 amide bonds. The number of aromatic amines is 1. The van der Waals surface area contributed by atoms with Gasteiger partial charge >= 0.3 is 5.97 Å². The maximum absolute atomic E-state index is 12.4. The van der Waals surface area contributed by atoms with Gasteiger partial charge < -0.3 is 10.1 Å². The van der Waals surface area contributed by atoms with Crippen molar-refractivity contribution < 1.29 is 9.90 Å². The van der Waals surface area contributed by atoms with E-state index in [0.717, 1.165) is 0 Å². The number of carboxylic acid groups (broad SMARTS) is 1. The second-order valence-corrected chi connectivity index (χ2v) is 5.03. The molecule has 0 fully saturated rings. The topological polar surface area (TPSA) is 130 Å². The number of nitrogens with zero attached hydrogens (tertiary/aromatic N) is 5. The summed E-state index contributed by atoms with van der Waals surface area (Å²) in [5.41, 5.74) is -0.150. The van der Waals surface area contributed by atoms with Crippen LogP contribution in [0.5, 0.6) is 0 Å². The zero-order valence-corrected chi connectivity index (χ0v) is 12.8. The van der Waals surface area contributed by atoms with Gasteiger partial charge in [0.2, 0.25) is 0 Å². The summed E-state index contributed by atoms with van der Waals surface area (Å²) in [5, 5.41) is 13.0. The van der Waals surface area contributed by atoms with E-state index in [0.29, 0.717) is 17.1 Å². The van der Waals surface area contributed by atoms with Gasteiger partial charge in [-0.2, -0.15) is 0 Å². The van der Waals surface area contributed by atoms with E-state index >= 15 is 0 Å². The van der Waals surface area contributed by atoms with Crippen molar-refractivity contribution in [2.45, 2.75) is 11.5 Å². The van der Waals surface area contributed by atoms with Gasteiger partial charge in [0.1, 0.15) is 12.7 Å². The van der Waals surface area contributed by atoms with Gasteiger partial charge in [-0.15, -0.1) is 0 Å². The van der Waals surface area contributed by atoms with E-state index in [4.69, 9.17) is 0 Å². The summed E-state index contributed by atoms with van der Waals surface area (Å²) < 4.78 is 0. The first kappa shape index (κ1) is 15.7. The van der Waals surface area contributed by atoms with Gasteiger partial charge in [-0.1, -0.05) is 0 Å². The minimum absolute atomic E-state index is 0.311. The van der Waals surface area contributed by atoms with Crippen LogP contribution in [0.2, 0.25) is 0 Å². The third-order valence-electron chi connectivity index (χ3n) is 3.88. The van der Waals surface area contributed by atoms with Gasteiger partial charge in [-0.25, -0.2) is 29.7 Å². The molecular formula is C15H15N7O2. The van der Waals surface area contributed by atoms with Crippen molar-refractivity contribution in [2.24, 2.45) is 0 Å². The van der Waals surface area contributed by atoms with E-state index in [-0.39, 0.29) is 0 Å². The molecule has 0 radical (unpaired) electrons. The average molecular weight is 325 g/mol. The molecule has 0 aromatic carbocycles. The van der Waals surface area contributed by atoms with Crippen molar-refractivity contribution in [2.75, 3.05) is 7.05 Å². The molecule has 0 saturated heterocycles. The van der Waals surface area contributed by atoms with E-state index in [9.17, 15) is 9.90 Å². The van der Waals surface area contributed by atoms with Crippen molar-refractivity contribution >= 4 is 5.97 Å². The van der Waals surface area contributed by atoms with Crippen molar-refractivity contribution in [3.05, 3.63) is 66.8 Å². The Hall–Kier alpha value is -3.20. The van der Waals surface area contributed by atoms with Gasteiger partial charge in [0.25, 0.3) is 0 Å². The Kier molecular flexibility index (Phi) is 4.25. The number of hydrogen-bond donors (Lipinski definition) is 3. The molecule has 0 aliphatic heterocycles. The van der Waals surface area contributed by atoms with Crippen molar-refractivity contribution in [1.29, 1.82) is 0 Å². The smallest absolute Gasteiger partial charge is 0.331 e. The van der Waals surface area contributed by atoms with Gasteiger partial charge in [0, 0.05) is 24.3 Å². The lowest BCUT2D eigenvalue weighted by molar-refractivity contribution is -0.146. The normalized spacial score (nSPS) is 14.7. The van der Waals surface area contributed by atoms with Crippen LogP contribution in [0.1, 0.15) is 23.0 Å². The first-order valence-electron chi connectivity index (χ1n) is 7.13. The Morgan fingerprint density at radius 2 is 1.96 bits per heavy atom. The number of hydrogen-bond acceptors (Lipinski definition) is 7. The van der Waals surface area contributed by atoms with Crippen molar-refractivity contribution in [3.8, 4) is 0 Å². The molecule has 0 aliphatic rings. The molecule has 3 heterocycles. The highest BCUT2D eigenvalue weighted by atomic mass is 16.4. The zero-order chi connectivity index (χ0) is 17.0. The molecule has 0 saturated carbocycles. The van der Waals surface area contributed by atoms with E-state index in [1.807, 2.05) is 0 Å². The fourth-order valence-corrected chi connectivity index (χ4v) is 2.79. The molecule has 3 aromatic rings. The Bertz CT molecular complexity index is 795. The summed E-state index contributed by atoms with van der Waals surface area (Å²) in [5.74, 6) is -1.80. The fraction of sp³-hybridized carbons (Fsp3) is 0.200. The minimum atomic E-state index is -1.57. The maximum atomic E-state index is 12.4. The second kappa shape index (κ2) is 6.50. The Morgan fingerprint density at radius 1 is 1.21 bits per heavy atom. The van der Waals surface area contributed by atoms with E-state index in [2.05, 4.69) is 35.2 Å². The molecule has 0 bridgehead atoms. The Morgan fingerprint density at radius 3 is 2.46 bits per heavy atom. The first-order chi connectivity index (χ1) is 11.7. The number of rotatable bonds is 6. The summed E-state index contributed by atoms with van der Waals surface area (Å²) in [7, 11) is 1.57. The highest BCUT2D eigenvalue weighted by Gasteiger charge is 2.50. The number of imidazole rings is 1. The Balaban J connectivity index is 2.28. The number of H-pyrrole nitrogens is 1. The van der Waals surface area contributed by atoms with Gasteiger partial charge in [0.15, 0.2) is 5.54 Å². The molecule has 0 aliphatic carbocycles. The van der Waals surface area contributed by atoms with Gasteiger partial charge in [-0.05, 0) is 19.2 Å². The molecule has 3 N–H and O–H groups in total. The molecule has 2 atom stereocenters. The van der Waals surface area contributed by atoms with Gasteiger partial charge in [0.05, 0.1) is 23.6 Å². The molecule has 1 unspecified atom stereocenters. The van der Waals surface area contributed by atoms with Crippen molar-refractivity contribution in [1.82, 2.24) is 35.2 Å². The number of likely N-dealkylation sites (N-methyl/N-ethyl adjacent to an activating group) is 1. The lowest BCUT2D eigenvalue weighted by Gasteiger charge is -2.35. The highest BCUT2D eigenvalue weighted by molar-refractivity contribution is 5.82. The summed E-state index contributed by atoms with van der Waals surface area (Å²) >= 11 is 0. The average Bonchev–Trinajstić information content (AvgIpc) is 3.14. The largest absolute Gasteiger partial charge is 0.480 e. The van der Waals surface area contributed by atoms with E-state index in [1.165, 1.54) is 25.2 Å². The van der Waals surface area contributed by atoms with Crippen molar-refractivity contribution in [3.63, 3.8) is 0 Å². The molecule has 9 nitrogen and oxygen atoms in total. The second-order valence-electron chi connectivity index (χ2n) is 5.03. The zero-order valence-electron chi connectivity index (χ0n) is 12.8. The molecule has 122 valence electrons. The van der Waals surface area contributed by atoms with Crippen LogP contribution in [-0.2, 0) is 10.3 Å². The SMILES string of the molecule is CN[C@](C(=O)O)(c1ccncn1)C(c1ccncn1)c1cnc[nH]1. The number of aliphatic carboxylic acids is 1. The lowest BCUT2D eigenvalue weighted by atomic mass is 9.76. The predicted molar refractivity (Wildman–Crippen MR) is 82.9 cm³/mol. The molecule has 3 rings (SSSR count). The van der Waals surface area contributed by atoms with Crippen LogP contribution in [0.3, 0.4) is 0 Å². The lowest BCUT2D eigenvalue weighted by Crippen LogP contribution is -2.53. The molecule has 24 heavy (non-hydrogen) atoms. The Labute approximate surface area is 137 Å². The van der Waals surface area contributed by atoms with Crippen LogP contribution in [0.15, 0.2) is 49.7 Å². The highest BCUT2D eigenvalue weighted by Crippen LogP contribution is 2.39. The quantitative estimate of drug-likeness (QED) is 0.591. The van der Waals surface area contributed by atoms with Crippen LogP contribution >= 0.6 is 0 Å². The summed E-state index contributed by atoms with van der Waals surface area (Å²) in [6.45, 7) is 0. The van der Waals surface area contributed by atoms with Crippen LogP contribution in [-0.4, -0.2) is 48.0 Å². The van der Waals surface area contributed by atoms with E-state index < -0.39 is 17.4 Å². The summed E-state index contributed by atoms with van der Waals surface area (Å²) in [4.78, 5) is 35.6. The number of carboxylic acids is 1. The molecular weight excluding hydrogens is 310 g/mol. The van der Waals surface area contributed by atoms with Crippen LogP contribution in [0.4, 0.5) is 0 Å². The van der Waals surface area contributed by atoms with Crippen LogP contribution in [0, 0.1) is 0 Å². The van der Waals surface area contributed by atoms with E-state index in [1.54, 1.807) is 31.6 Å². The van der Waals surface area contributed by atoms with Crippen LogP contribution in [0.25, 0.3) is 0 Å². The summed E-state index contributed by atoms with van der Waals surface area (Å²) in [6.07, 6.45) is 8.82. The summed E-state index contributed by atoms with van der Waals surface area (Å²) in [6, 6.07) is 3.23. The third-order valence-corrected chi connectivity index (χ3v) is 3.88. The van der Waals surface area contributed by atoms with Crippen LogP contribution < -0.4 is 5.32 Å². The fourth-order valence-electron chi connectivity index (χ4n) is 2.79. The third kappa shape index (κ3) is 2.50. The standard InChI is InChI=1S/C15H15N7O2/c1-16-15(14(23)24,12-3-5-18-8-22-12)13(11-6-19-9-21-11)10-2-4-17-7-20-10/h2-9,13,16H,1H3,(H,19,21)(H,23,24)/t13?,15-/m1/s1. The maximum Gasteiger partial charge on any atom is 0.331 e. The first-order valence-corrected chi connectivity index (χ1v) is 7.13. The molecule has 3 aromatic heterocycles. The molecule has 0 spiro atoms. The molecule has 9 heteroatoms. The predicted octanol–water partition coefficient (Wildman–Crippen LogP) is 0.321. The monoisotopic (exact) mass is 325 g/mol. The number of aromatic nitrogens is 6. The minimum Gasteiger partial charge on any atom is -0.480 e. The number of carbonyl (C=O) groups is 1.